The molecule has 0 aromatic rings. The highest BCUT2D eigenvalue weighted by atomic mass is 28.3. The van der Waals surface area contributed by atoms with Gasteiger partial charge in [0.05, 0.1) is 14.7 Å². The molecule has 2 aliphatic rings. The molecule has 0 bridgehead atoms. The Morgan fingerprint density at radius 3 is 2.41 bits per heavy atom. The number of hydrogen-bond donors (Lipinski definition) is 1. The highest BCUT2D eigenvalue weighted by molar-refractivity contribution is 6.64. The Balaban J connectivity index is 2.72. The van der Waals surface area contributed by atoms with Crippen molar-refractivity contribution in [1.82, 2.24) is 0 Å². The molecule has 152 valence electrons. The number of aliphatic hydroxyl groups excluding tert-OH is 1. The van der Waals surface area contributed by atoms with E-state index >= 15 is 0 Å². The third-order valence-corrected chi connectivity index (χ3v) is 9.15. The molecule has 0 aromatic carbocycles. The van der Waals surface area contributed by atoms with E-state index in [4.69, 9.17) is 0 Å². The molecule has 0 spiro atoms. The Kier molecular flexibility index (Phi) is 6.86. The lowest BCUT2D eigenvalue weighted by Crippen LogP contribution is -2.46. The van der Waals surface area contributed by atoms with E-state index in [1.165, 1.54) is 24.8 Å². The summed E-state index contributed by atoms with van der Waals surface area (Å²) >= 11 is 0. The number of carbonyl (C=O) groups is 1. The van der Waals surface area contributed by atoms with Crippen molar-refractivity contribution in [3.63, 3.8) is 0 Å². The van der Waals surface area contributed by atoms with E-state index in [-0.39, 0.29) is 35.2 Å². The van der Waals surface area contributed by atoms with E-state index < -0.39 is 8.80 Å². The summed E-state index contributed by atoms with van der Waals surface area (Å²) in [5, 5.41) is 11.7. The van der Waals surface area contributed by atoms with Crippen LogP contribution in [-0.4, -0.2) is 26.8 Å². The standard InChI is InChI=1S/C24H40O2Si/c1-16(14-25)12-13-18-19-10-9-11-20(23(3,4)5)24(19,6)21(17(2)15-26)22(18)27(7)8/h14,16-20,26-27H,9-11,15H2,1-8H3. The fraction of sp³-hybridized carbons (Fsp3) is 0.792. The number of carbonyl (C=O) groups excluding carboxylic acids is 1. The smallest absolute Gasteiger partial charge is 0.134 e. The molecule has 0 saturated heterocycles. The summed E-state index contributed by atoms with van der Waals surface area (Å²) in [5.41, 5.74) is 1.87. The van der Waals surface area contributed by atoms with Gasteiger partial charge in [0.2, 0.25) is 0 Å². The van der Waals surface area contributed by atoms with Gasteiger partial charge in [-0.25, -0.2) is 0 Å². The Labute approximate surface area is 168 Å². The largest absolute Gasteiger partial charge is 0.396 e. The van der Waals surface area contributed by atoms with E-state index in [0.717, 1.165) is 6.29 Å². The van der Waals surface area contributed by atoms with E-state index in [2.05, 4.69) is 59.6 Å². The van der Waals surface area contributed by atoms with Crippen LogP contribution < -0.4 is 0 Å². The predicted molar refractivity (Wildman–Crippen MR) is 117 cm³/mol. The van der Waals surface area contributed by atoms with Crippen LogP contribution >= 0.6 is 0 Å². The molecule has 2 nitrogen and oxygen atoms in total. The minimum absolute atomic E-state index is 0.106. The molecule has 0 heterocycles. The molecule has 1 fully saturated rings. The number of aliphatic hydroxyl groups is 1. The Morgan fingerprint density at radius 1 is 1.30 bits per heavy atom. The fourth-order valence-corrected chi connectivity index (χ4v) is 8.59. The number of aldehydes is 1. The molecule has 2 aliphatic carbocycles. The first-order chi connectivity index (χ1) is 12.5. The maximum atomic E-state index is 11.1. The molecule has 0 aliphatic heterocycles. The Morgan fingerprint density at radius 2 is 1.93 bits per heavy atom. The van der Waals surface area contributed by atoms with Gasteiger partial charge in [-0.2, -0.15) is 0 Å². The van der Waals surface area contributed by atoms with Crippen LogP contribution in [0.3, 0.4) is 0 Å². The summed E-state index contributed by atoms with van der Waals surface area (Å²) in [6, 6.07) is 0. The van der Waals surface area contributed by atoms with Crippen LogP contribution in [0.15, 0.2) is 10.8 Å². The van der Waals surface area contributed by atoms with Crippen LogP contribution in [0.1, 0.15) is 60.8 Å². The van der Waals surface area contributed by atoms with E-state index in [1.54, 1.807) is 5.20 Å². The summed E-state index contributed by atoms with van der Waals surface area (Å²) in [6.45, 7) is 18.7. The molecule has 0 amide bonds. The van der Waals surface area contributed by atoms with Crippen LogP contribution in [0, 0.1) is 52.3 Å². The minimum Gasteiger partial charge on any atom is -0.396 e. The van der Waals surface area contributed by atoms with Crippen molar-refractivity contribution >= 4 is 15.1 Å². The predicted octanol–water partition coefficient (Wildman–Crippen LogP) is 4.87. The first kappa shape index (κ1) is 22.4. The molecular formula is C24H40O2Si. The third kappa shape index (κ3) is 3.98. The SMILES string of the molecule is CC(C#CC1C([SiH](C)C)=C(C(C)CO)C2(C)C1CCCC2C(C)(C)C)C=O. The average Bonchev–Trinajstić information content (AvgIpc) is 2.86. The van der Waals surface area contributed by atoms with Gasteiger partial charge in [-0.3, -0.25) is 0 Å². The van der Waals surface area contributed by atoms with Gasteiger partial charge in [0.1, 0.15) is 6.29 Å². The second-order valence-electron chi connectivity index (χ2n) is 10.5. The molecule has 6 atom stereocenters. The minimum atomic E-state index is -1.10. The highest BCUT2D eigenvalue weighted by Crippen LogP contribution is 2.65. The summed E-state index contributed by atoms with van der Waals surface area (Å²) in [5.74, 6) is 8.23. The first-order valence-electron chi connectivity index (χ1n) is 10.8. The van der Waals surface area contributed by atoms with Gasteiger partial charge < -0.3 is 9.90 Å². The van der Waals surface area contributed by atoms with E-state index in [1.807, 2.05) is 6.92 Å². The van der Waals surface area contributed by atoms with Gasteiger partial charge in [-0.15, -0.1) is 0 Å². The second-order valence-corrected chi connectivity index (χ2v) is 13.5. The number of hydrogen-bond acceptors (Lipinski definition) is 2. The summed E-state index contributed by atoms with van der Waals surface area (Å²) < 4.78 is 0. The molecule has 6 unspecified atom stereocenters. The van der Waals surface area contributed by atoms with Crippen LogP contribution in [0.2, 0.25) is 13.1 Å². The first-order valence-corrected chi connectivity index (χ1v) is 13.7. The van der Waals surface area contributed by atoms with E-state index in [0.29, 0.717) is 11.8 Å². The molecule has 1 N–H and O–H groups in total. The average molecular weight is 389 g/mol. The van der Waals surface area contributed by atoms with Crippen LogP contribution in [0.25, 0.3) is 0 Å². The quantitative estimate of drug-likeness (QED) is 0.424. The molecule has 0 aromatic heterocycles. The van der Waals surface area contributed by atoms with Gasteiger partial charge in [0, 0.05) is 18.4 Å². The number of fused-ring (bicyclic) bond motifs is 1. The van der Waals surface area contributed by atoms with Crippen LogP contribution in [0.5, 0.6) is 0 Å². The van der Waals surface area contributed by atoms with Crippen molar-refractivity contribution in [3.8, 4) is 11.8 Å². The van der Waals surface area contributed by atoms with Crippen LogP contribution in [0.4, 0.5) is 0 Å². The van der Waals surface area contributed by atoms with Gasteiger partial charge in [0.15, 0.2) is 0 Å². The zero-order valence-corrected chi connectivity index (χ0v) is 19.9. The second kappa shape index (κ2) is 8.25. The number of allylic oxidation sites excluding steroid dienone is 1. The third-order valence-electron chi connectivity index (χ3n) is 7.24. The van der Waals surface area contributed by atoms with Gasteiger partial charge in [-0.1, -0.05) is 76.7 Å². The summed E-state index contributed by atoms with van der Waals surface area (Å²) in [7, 11) is -1.10. The lowest BCUT2D eigenvalue weighted by Gasteiger charge is -2.53. The summed E-state index contributed by atoms with van der Waals surface area (Å²) in [6.07, 6.45) is 4.69. The van der Waals surface area contributed by atoms with Gasteiger partial charge in [0.25, 0.3) is 0 Å². The molecule has 3 heteroatoms. The van der Waals surface area contributed by atoms with Crippen molar-refractivity contribution in [2.45, 2.75) is 73.9 Å². The zero-order chi connectivity index (χ0) is 20.6. The van der Waals surface area contributed by atoms with Gasteiger partial charge >= 0.3 is 0 Å². The molecule has 1 saturated carbocycles. The lowest BCUT2D eigenvalue weighted by molar-refractivity contribution is -0.109. The zero-order valence-electron chi connectivity index (χ0n) is 18.7. The molecule has 0 radical (unpaired) electrons. The molecule has 27 heavy (non-hydrogen) atoms. The monoisotopic (exact) mass is 388 g/mol. The topological polar surface area (TPSA) is 37.3 Å². The lowest BCUT2D eigenvalue weighted by atomic mass is 9.51. The normalized spacial score (nSPS) is 33.3. The summed E-state index contributed by atoms with van der Waals surface area (Å²) in [4.78, 5) is 11.1. The maximum Gasteiger partial charge on any atom is 0.134 e. The highest BCUT2D eigenvalue weighted by Gasteiger charge is 2.58. The fourth-order valence-electron chi connectivity index (χ4n) is 6.34. The van der Waals surface area contributed by atoms with E-state index in [9.17, 15) is 9.90 Å². The van der Waals surface area contributed by atoms with Gasteiger partial charge in [-0.05, 0) is 42.4 Å². The molecular weight excluding hydrogens is 348 g/mol. The Bertz CT molecular complexity index is 646. The number of rotatable bonds is 4. The van der Waals surface area contributed by atoms with Crippen LogP contribution in [-0.2, 0) is 4.79 Å². The maximum absolute atomic E-state index is 11.1. The van der Waals surface area contributed by atoms with Crippen molar-refractivity contribution < 1.29 is 9.90 Å². The van der Waals surface area contributed by atoms with Crippen molar-refractivity contribution in [2.24, 2.45) is 40.4 Å². The Hall–Kier alpha value is -0.853. The molecule has 2 rings (SSSR count). The van der Waals surface area contributed by atoms with Crippen molar-refractivity contribution in [3.05, 3.63) is 10.8 Å². The van der Waals surface area contributed by atoms with Crippen molar-refractivity contribution in [1.29, 1.82) is 0 Å². The van der Waals surface area contributed by atoms with Crippen molar-refractivity contribution in [2.75, 3.05) is 6.61 Å².